The van der Waals surface area contributed by atoms with Crippen LogP contribution in [0.4, 0.5) is 5.69 Å². The third-order valence-electron chi connectivity index (χ3n) is 6.13. The maximum absolute atomic E-state index is 12.8. The van der Waals surface area contributed by atoms with Crippen LogP contribution in [0.25, 0.3) is 20.8 Å². The topological polar surface area (TPSA) is 73.4 Å². The molecular weight excluding hydrogens is 456 g/mol. The summed E-state index contributed by atoms with van der Waals surface area (Å²) >= 11 is 1.68. The molecule has 2 aromatic carbocycles. The van der Waals surface area contributed by atoms with Gasteiger partial charge in [-0.2, -0.15) is 0 Å². The fourth-order valence-corrected chi connectivity index (χ4v) is 5.21. The lowest BCUT2D eigenvalue weighted by Crippen LogP contribution is -2.40. The number of carbonyl (C=O) groups excluding carboxylic acids is 1. The molecule has 0 spiro atoms. The largest absolute Gasteiger partial charge is 0.325 e. The fraction of sp³-hybridized carbons (Fsp3) is 0.296. The minimum Gasteiger partial charge on any atom is -0.325 e. The predicted molar refractivity (Wildman–Crippen MR) is 143 cm³/mol. The summed E-state index contributed by atoms with van der Waals surface area (Å²) in [5.41, 5.74) is 3.95. The van der Waals surface area contributed by atoms with Gasteiger partial charge in [0.2, 0.25) is 5.91 Å². The van der Waals surface area contributed by atoms with Gasteiger partial charge in [-0.25, -0.2) is 4.98 Å². The van der Waals surface area contributed by atoms with Crippen LogP contribution in [0.2, 0.25) is 0 Å². The van der Waals surface area contributed by atoms with Crippen molar-refractivity contribution in [2.24, 2.45) is 0 Å². The number of hydrogen-bond donors (Lipinski definition) is 2. The second-order valence-electron chi connectivity index (χ2n) is 8.74. The number of nitrogens with zero attached hydrogens (tertiary/aromatic N) is 4. The highest BCUT2D eigenvalue weighted by Gasteiger charge is 2.16. The van der Waals surface area contributed by atoms with E-state index in [9.17, 15) is 4.79 Å². The van der Waals surface area contributed by atoms with Crippen molar-refractivity contribution < 1.29 is 4.79 Å². The van der Waals surface area contributed by atoms with Crippen LogP contribution in [0.15, 0.2) is 72.9 Å². The Morgan fingerprint density at radius 2 is 1.69 bits per heavy atom. The van der Waals surface area contributed by atoms with E-state index in [0.29, 0.717) is 6.54 Å². The number of para-hydroxylation sites is 1. The highest BCUT2D eigenvalue weighted by molar-refractivity contribution is 7.21. The molecule has 1 fully saturated rings. The Labute approximate surface area is 209 Å². The molecule has 7 nitrogen and oxygen atoms in total. The van der Waals surface area contributed by atoms with Crippen molar-refractivity contribution in [3.8, 4) is 10.6 Å². The zero-order chi connectivity index (χ0) is 23.9. The number of pyridine rings is 1. The average Bonchev–Trinajstić information content (AvgIpc) is 3.35. The maximum Gasteiger partial charge on any atom is 0.238 e. The lowest BCUT2D eigenvalue weighted by atomic mass is 10.2. The summed E-state index contributed by atoms with van der Waals surface area (Å²) in [6.45, 7) is 6.58. The highest BCUT2D eigenvalue weighted by Crippen LogP contribution is 2.30. The Bertz CT molecular complexity index is 1210. The van der Waals surface area contributed by atoms with E-state index in [2.05, 4.69) is 37.6 Å². The first-order valence-electron chi connectivity index (χ1n) is 12.0. The monoisotopic (exact) mass is 486 g/mol. The van der Waals surface area contributed by atoms with E-state index in [1.54, 1.807) is 11.3 Å². The number of hydrogen-bond acceptors (Lipinski definition) is 7. The van der Waals surface area contributed by atoms with Gasteiger partial charge >= 0.3 is 0 Å². The number of rotatable bonds is 6. The van der Waals surface area contributed by atoms with Gasteiger partial charge in [0.1, 0.15) is 5.01 Å². The number of anilines is 1. The Balaban J connectivity index is 1.15. The Morgan fingerprint density at radius 1 is 0.914 bits per heavy atom. The van der Waals surface area contributed by atoms with Crippen LogP contribution in [0, 0.1) is 0 Å². The summed E-state index contributed by atoms with van der Waals surface area (Å²) < 4.78 is 1.18. The quantitative estimate of drug-likeness (QED) is 0.433. The van der Waals surface area contributed by atoms with Crippen molar-refractivity contribution in [3.05, 3.63) is 78.6 Å². The molecule has 35 heavy (non-hydrogen) atoms. The van der Waals surface area contributed by atoms with Crippen LogP contribution in [0.5, 0.6) is 0 Å². The van der Waals surface area contributed by atoms with E-state index in [4.69, 9.17) is 4.98 Å². The molecule has 0 bridgehead atoms. The number of carbonyl (C=O) groups is 1. The molecule has 180 valence electrons. The van der Waals surface area contributed by atoms with Gasteiger partial charge in [-0.3, -0.25) is 19.6 Å². The first-order chi connectivity index (χ1) is 17.2. The Kier molecular flexibility index (Phi) is 7.75. The second-order valence-corrected chi connectivity index (χ2v) is 9.77. The summed E-state index contributed by atoms with van der Waals surface area (Å²) in [5.74, 6) is 0.00765. The van der Waals surface area contributed by atoms with Crippen molar-refractivity contribution in [2.45, 2.75) is 6.54 Å². The minimum atomic E-state index is 0.00765. The normalized spacial score (nSPS) is 15.9. The smallest absolute Gasteiger partial charge is 0.238 e. The van der Waals surface area contributed by atoms with Crippen LogP contribution in [0.1, 0.15) is 5.69 Å². The van der Waals surface area contributed by atoms with Crippen molar-refractivity contribution in [1.29, 1.82) is 0 Å². The van der Waals surface area contributed by atoms with E-state index >= 15 is 0 Å². The molecule has 0 aliphatic carbocycles. The van der Waals surface area contributed by atoms with Crippen LogP contribution in [-0.4, -0.2) is 71.5 Å². The number of thiazole rings is 1. The number of benzene rings is 2. The standard InChI is InChI=1S/C27H30N6OS/c34-26(20-33-16-14-28-13-15-32(17-18-33)19-23-5-3-4-12-29-23)30-22-10-8-21(9-11-22)27-31-24-6-1-2-7-25(24)35-27/h1-12,28H,13-20H2,(H,30,34). The summed E-state index contributed by atoms with van der Waals surface area (Å²) in [6.07, 6.45) is 1.84. The van der Waals surface area contributed by atoms with E-state index in [-0.39, 0.29) is 5.91 Å². The van der Waals surface area contributed by atoms with Crippen molar-refractivity contribution in [2.75, 3.05) is 51.1 Å². The van der Waals surface area contributed by atoms with Crippen molar-refractivity contribution >= 4 is 33.1 Å². The van der Waals surface area contributed by atoms with Crippen LogP contribution in [0.3, 0.4) is 0 Å². The summed E-state index contributed by atoms with van der Waals surface area (Å²) in [4.78, 5) is 26.6. The van der Waals surface area contributed by atoms with Gasteiger partial charge in [-0.15, -0.1) is 11.3 Å². The number of fused-ring (bicyclic) bond motifs is 1. The molecule has 3 heterocycles. The molecule has 2 aromatic heterocycles. The molecule has 4 aromatic rings. The summed E-state index contributed by atoms with van der Waals surface area (Å²) in [6, 6.07) is 22.1. The molecule has 5 rings (SSSR count). The fourth-order valence-electron chi connectivity index (χ4n) is 4.24. The van der Waals surface area contributed by atoms with Crippen LogP contribution < -0.4 is 10.6 Å². The summed E-state index contributed by atoms with van der Waals surface area (Å²) in [7, 11) is 0. The molecule has 0 saturated carbocycles. The van der Waals surface area contributed by atoms with Gasteiger partial charge < -0.3 is 10.6 Å². The van der Waals surface area contributed by atoms with Gasteiger partial charge in [0, 0.05) is 63.3 Å². The van der Waals surface area contributed by atoms with Crippen LogP contribution >= 0.6 is 11.3 Å². The first-order valence-corrected chi connectivity index (χ1v) is 12.9. The minimum absolute atomic E-state index is 0.00765. The molecule has 1 saturated heterocycles. The molecule has 0 unspecified atom stereocenters. The van der Waals surface area contributed by atoms with E-state index < -0.39 is 0 Å². The SMILES string of the molecule is O=C(CN1CCNCCN(Cc2ccccn2)CC1)Nc1ccc(-c2nc3ccccc3s2)cc1. The summed E-state index contributed by atoms with van der Waals surface area (Å²) in [5, 5.41) is 7.53. The highest BCUT2D eigenvalue weighted by atomic mass is 32.1. The molecule has 1 amide bonds. The molecule has 0 atom stereocenters. The lowest BCUT2D eigenvalue weighted by molar-refractivity contribution is -0.117. The van der Waals surface area contributed by atoms with Gasteiger partial charge in [-0.05, 0) is 48.5 Å². The van der Waals surface area contributed by atoms with Crippen LogP contribution in [-0.2, 0) is 11.3 Å². The lowest BCUT2D eigenvalue weighted by Gasteiger charge is -2.25. The number of nitrogens with one attached hydrogen (secondary N) is 2. The van der Waals surface area contributed by atoms with E-state index in [1.807, 2.05) is 60.8 Å². The van der Waals surface area contributed by atoms with Gasteiger partial charge in [0.05, 0.1) is 22.5 Å². The Morgan fingerprint density at radius 3 is 2.49 bits per heavy atom. The zero-order valence-electron chi connectivity index (χ0n) is 19.7. The molecule has 1 aliphatic heterocycles. The van der Waals surface area contributed by atoms with Gasteiger partial charge in [-0.1, -0.05) is 18.2 Å². The molecule has 0 radical (unpaired) electrons. The first kappa shape index (κ1) is 23.6. The molecule has 8 heteroatoms. The number of aromatic nitrogens is 2. The second kappa shape index (κ2) is 11.5. The zero-order valence-corrected chi connectivity index (χ0v) is 20.5. The van der Waals surface area contributed by atoms with E-state index in [0.717, 1.165) is 73.3 Å². The predicted octanol–water partition coefficient (Wildman–Crippen LogP) is 3.70. The number of amides is 1. The van der Waals surface area contributed by atoms with Gasteiger partial charge in [0.25, 0.3) is 0 Å². The molecule has 2 N–H and O–H groups in total. The molecular formula is C27H30N6OS. The van der Waals surface area contributed by atoms with Crippen molar-refractivity contribution in [1.82, 2.24) is 25.1 Å². The molecule has 1 aliphatic rings. The van der Waals surface area contributed by atoms with E-state index in [1.165, 1.54) is 4.70 Å². The third-order valence-corrected chi connectivity index (χ3v) is 7.22. The van der Waals surface area contributed by atoms with Gasteiger partial charge in [0.15, 0.2) is 0 Å². The third kappa shape index (κ3) is 6.49. The van der Waals surface area contributed by atoms with Crippen molar-refractivity contribution in [3.63, 3.8) is 0 Å². The Hall–Kier alpha value is -3.17. The maximum atomic E-state index is 12.8. The average molecular weight is 487 g/mol.